The maximum Gasteiger partial charge on any atom is 0.267 e. The first-order chi connectivity index (χ1) is 9.65. The molecule has 106 valence electrons. The first-order valence-corrected chi connectivity index (χ1v) is 6.58. The molecular weight excluding hydrogens is 260 g/mol. The van der Waals surface area contributed by atoms with E-state index in [9.17, 15) is 15.0 Å². The topological polar surface area (TPSA) is 82.4 Å². The van der Waals surface area contributed by atoms with Crippen molar-refractivity contribution in [3.8, 4) is 0 Å². The van der Waals surface area contributed by atoms with E-state index in [-0.39, 0.29) is 19.0 Å². The zero-order valence-corrected chi connectivity index (χ0v) is 10.8. The standard InChI is InChI=1S/C14H16N2O4/c17-11-7-16(8-12(11)18)14(19)13-6-10(15-20-13)9-4-2-1-3-5-9/h1-5,11-13,17-18H,6-8H2/t11-,12+,13?. The number of benzene rings is 1. The van der Waals surface area contributed by atoms with Gasteiger partial charge in [0.15, 0.2) is 0 Å². The fourth-order valence-electron chi connectivity index (χ4n) is 2.46. The van der Waals surface area contributed by atoms with Crippen molar-refractivity contribution in [2.45, 2.75) is 24.7 Å². The monoisotopic (exact) mass is 276 g/mol. The number of aliphatic hydroxyl groups excluding tert-OH is 2. The summed E-state index contributed by atoms with van der Waals surface area (Å²) in [5.41, 5.74) is 1.67. The summed E-state index contributed by atoms with van der Waals surface area (Å²) in [4.78, 5) is 18.8. The minimum Gasteiger partial charge on any atom is -0.388 e. The first kappa shape index (κ1) is 13.1. The van der Waals surface area contributed by atoms with E-state index in [1.54, 1.807) is 0 Å². The van der Waals surface area contributed by atoms with Crippen LogP contribution >= 0.6 is 0 Å². The van der Waals surface area contributed by atoms with E-state index < -0.39 is 18.3 Å². The van der Waals surface area contributed by atoms with E-state index in [0.717, 1.165) is 11.3 Å². The summed E-state index contributed by atoms with van der Waals surface area (Å²) in [6, 6.07) is 9.55. The molecule has 0 aliphatic carbocycles. The number of β-amino-alcohol motifs (C(OH)–C–C–N with tert-alkyl or cyclic N) is 2. The Morgan fingerprint density at radius 2 is 1.85 bits per heavy atom. The predicted molar refractivity (Wildman–Crippen MR) is 71.1 cm³/mol. The van der Waals surface area contributed by atoms with Crippen LogP contribution in [0.1, 0.15) is 12.0 Å². The van der Waals surface area contributed by atoms with Crippen molar-refractivity contribution in [3.63, 3.8) is 0 Å². The molecule has 1 amide bonds. The number of carbonyl (C=O) groups is 1. The van der Waals surface area contributed by atoms with E-state index >= 15 is 0 Å². The molecule has 0 spiro atoms. The third-order valence-corrected chi connectivity index (χ3v) is 3.62. The van der Waals surface area contributed by atoms with Gasteiger partial charge >= 0.3 is 0 Å². The van der Waals surface area contributed by atoms with Crippen molar-refractivity contribution in [2.24, 2.45) is 5.16 Å². The third-order valence-electron chi connectivity index (χ3n) is 3.62. The second-order valence-corrected chi connectivity index (χ2v) is 5.08. The highest BCUT2D eigenvalue weighted by Gasteiger charge is 2.38. The van der Waals surface area contributed by atoms with Gasteiger partial charge in [-0.2, -0.15) is 0 Å². The van der Waals surface area contributed by atoms with Crippen molar-refractivity contribution in [2.75, 3.05) is 13.1 Å². The Balaban J connectivity index is 1.63. The number of hydrogen-bond acceptors (Lipinski definition) is 5. The maximum absolute atomic E-state index is 12.2. The van der Waals surface area contributed by atoms with E-state index in [2.05, 4.69) is 5.16 Å². The molecule has 0 radical (unpaired) electrons. The van der Waals surface area contributed by atoms with E-state index in [1.807, 2.05) is 30.3 Å². The normalized spacial score (nSPS) is 29.2. The maximum atomic E-state index is 12.2. The van der Waals surface area contributed by atoms with Crippen LogP contribution in [0, 0.1) is 0 Å². The van der Waals surface area contributed by atoms with Crippen LogP contribution in [0.3, 0.4) is 0 Å². The molecule has 3 rings (SSSR count). The Kier molecular flexibility index (Phi) is 3.42. The number of likely N-dealkylation sites (tertiary alicyclic amines) is 1. The molecule has 6 nitrogen and oxygen atoms in total. The quantitative estimate of drug-likeness (QED) is 0.780. The number of nitrogens with zero attached hydrogens (tertiary/aromatic N) is 2. The Hall–Kier alpha value is -1.92. The van der Waals surface area contributed by atoms with Gasteiger partial charge in [0.1, 0.15) is 0 Å². The van der Waals surface area contributed by atoms with Gasteiger partial charge in [0.25, 0.3) is 5.91 Å². The summed E-state index contributed by atoms with van der Waals surface area (Å²) < 4.78 is 0. The van der Waals surface area contributed by atoms with Gasteiger partial charge in [0.05, 0.1) is 17.9 Å². The van der Waals surface area contributed by atoms with Crippen LogP contribution in [0.4, 0.5) is 0 Å². The summed E-state index contributed by atoms with van der Waals surface area (Å²) >= 11 is 0. The molecule has 1 saturated heterocycles. The third kappa shape index (κ3) is 2.39. The average molecular weight is 276 g/mol. The zero-order valence-electron chi connectivity index (χ0n) is 10.8. The fraction of sp³-hybridized carbons (Fsp3) is 0.429. The Bertz CT molecular complexity index is 521. The highest BCUT2D eigenvalue weighted by molar-refractivity contribution is 6.04. The van der Waals surface area contributed by atoms with Gasteiger partial charge in [-0.1, -0.05) is 35.5 Å². The van der Waals surface area contributed by atoms with E-state index in [1.165, 1.54) is 4.90 Å². The molecule has 0 saturated carbocycles. The summed E-state index contributed by atoms with van der Waals surface area (Å²) in [6.45, 7) is 0.279. The van der Waals surface area contributed by atoms with Crippen molar-refractivity contribution in [1.29, 1.82) is 0 Å². The van der Waals surface area contributed by atoms with E-state index in [4.69, 9.17) is 4.84 Å². The van der Waals surface area contributed by atoms with Gasteiger partial charge < -0.3 is 20.0 Å². The molecule has 2 N–H and O–H groups in total. The lowest BCUT2D eigenvalue weighted by atomic mass is 10.0. The number of rotatable bonds is 2. The molecule has 2 aliphatic rings. The largest absolute Gasteiger partial charge is 0.388 e. The molecule has 1 aromatic rings. The van der Waals surface area contributed by atoms with Crippen molar-refractivity contribution < 1.29 is 19.8 Å². The molecule has 6 heteroatoms. The number of hydrogen-bond donors (Lipinski definition) is 2. The Labute approximate surface area is 116 Å². The lowest BCUT2D eigenvalue weighted by molar-refractivity contribution is -0.141. The number of oxime groups is 1. The van der Waals surface area contributed by atoms with Gasteiger partial charge in [-0.3, -0.25) is 4.79 Å². The number of amides is 1. The van der Waals surface area contributed by atoms with Gasteiger partial charge in [0, 0.05) is 19.5 Å². The SMILES string of the molecule is O=C(C1CC(c2ccccc2)=NO1)N1C[C@@H](O)[C@@H](O)C1. The van der Waals surface area contributed by atoms with Crippen LogP contribution in [-0.2, 0) is 9.63 Å². The van der Waals surface area contributed by atoms with E-state index in [0.29, 0.717) is 6.42 Å². The van der Waals surface area contributed by atoms with Crippen molar-refractivity contribution >= 4 is 11.6 Å². The molecule has 0 aromatic heterocycles. The van der Waals surface area contributed by atoms with Crippen LogP contribution in [0.5, 0.6) is 0 Å². The highest BCUT2D eigenvalue weighted by atomic mass is 16.6. The second kappa shape index (κ2) is 5.22. The van der Waals surface area contributed by atoms with Crippen LogP contribution in [-0.4, -0.2) is 58.1 Å². The summed E-state index contributed by atoms with van der Waals surface area (Å²) in [6.07, 6.45) is -2.02. The minimum absolute atomic E-state index is 0.139. The lowest BCUT2D eigenvalue weighted by Crippen LogP contribution is -2.38. The van der Waals surface area contributed by atoms with Crippen LogP contribution < -0.4 is 0 Å². The number of carbonyl (C=O) groups excluding carboxylic acids is 1. The highest BCUT2D eigenvalue weighted by Crippen LogP contribution is 2.20. The lowest BCUT2D eigenvalue weighted by Gasteiger charge is -2.18. The molecule has 1 unspecified atom stereocenters. The van der Waals surface area contributed by atoms with Crippen molar-refractivity contribution in [1.82, 2.24) is 4.90 Å². The predicted octanol–water partition coefficient (Wildman–Crippen LogP) is -0.256. The van der Waals surface area contributed by atoms with Gasteiger partial charge in [-0.15, -0.1) is 0 Å². The molecule has 1 aromatic carbocycles. The Morgan fingerprint density at radius 1 is 1.20 bits per heavy atom. The van der Waals surface area contributed by atoms with Crippen LogP contribution in [0.15, 0.2) is 35.5 Å². The molecule has 3 atom stereocenters. The molecular formula is C14H16N2O4. The molecule has 0 bridgehead atoms. The van der Waals surface area contributed by atoms with Crippen molar-refractivity contribution in [3.05, 3.63) is 35.9 Å². The molecule has 1 fully saturated rings. The smallest absolute Gasteiger partial charge is 0.267 e. The summed E-state index contributed by atoms with van der Waals surface area (Å²) in [5.74, 6) is -0.240. The number of aliphatic hydroxyl groups is 2. The summed E-state index contributed by atoms with van der Waals surface area (Å²) in [7, 11) is 0. The van der Waals surface area contributed by atoms with Crippen LogP contribution in [0.2, 0.25) is 0 Å². The molecule has 2 heterocycles. The zero-order chi connectivity index (χ0) is 14.1. The second-order valence-electron chi connectivity index (χ2n) is 5.08. The average Bonchev–Trinajstić information content (AvgIpc) is 3.07. The van der Waals surface area contributed by atoms with Gasteiger partial charge in [0.2, 0.25) is 6.10 Å². The molecule has 2 aliphatic heterocycles. The van der Waals surface area contributed by atoms with Gasteiger partial charge in [-0.05, 0) is 5.56 Å². The summed E-state index contributed by atoms with van der Waals surface area (Å²) in [5, 5.41) is 22.9. The Morgan fingerprint density at radius 3 is 2.50 bits per heavy atom. The fourth-order valence-corrected chi connectivity index (χ4v) is 2.46. The van der Waals surface area contributed by atoms with Gasteiger partial charge in [-0.25, -0.2) is 0 Å². The van der Waals surface area contributed by atoms with Crippen LogP contribution in [0.25, 0.3) is 0 Å². The molecule has 20 heavy (non-hydrogen) atoms. The minimum atomic E-state index is -0.880. The first-order valence-electron chi connectivity index (χ1n) is 6.58.